The molecule has 0 fully saturated rings. The molecule has 1 amide bonds. The zero-order valence-electron chi connectivity index (χ0n) is 18.1. The molecule has 0 aliphatic rings. The molecular formula is C22H33NO3S. The van der Waals surface area contributed by atoms with Gasteiger partial charge >= 0.3 is 5.97 Å². The minimum Gasteiger partial charge on any atom is -0.426 e. The molecule has 1 aromatic rings. The SMILES string of the molecule is C=CCc1c(SC(=O)N(C)C)cc(C(C)(C)C)c(OC(C)=O)c1C(C)(C)C. The standard InChI is InChI=1S/C22H33NO3S/c1-11-12-15-17(27-20(25)23(9)10)13-16(21(3,4)5)19(26-14(2)24)18(15)22(6,7)8/h11,13H,1,12H2,2-10H3. The topological polar surface area (TPSA) is 46.6 Å². The second-order valence-corrected chi connectivity index (χ2v) is 9.95. The number of amides is 1. The summed E-state index contributed by atoms with van der Waals surface area (Å²) in [5.74, 6) is 0.265. The van der Waals surface area contributed by atoms with Crippen LogP contribution >= 0.6 is 11.8 Å². The maximum absolute atomic E-state index is 12.4. The normalized spacial score (nSPS) is 11.9. The molecular weight excluding hydrogens is 358 g/mol. The Morgan fingerprint density at radius 2 is 1.70 bits per heavy atom. The van der Waals surface area contributed by atoms with Crippen LogP contribution in [0.1, 0.15) is 65.2 Å². The van der Waals surface area contributed by atoms with E-state index in [0.29, 0.717) is 12.2 Å². The number of benzene rings is 1. The number of carbonyl (C=O) groups excluding carboxylic acids is 2. The van der Waals surface area contributed by atoms with E-state index in [9.17, 15) is 9.59 Å². The van der Waals surface area contributed by atoms with E-state index < -0.39 is 0 Å². The Morgan fingerprint density at radius 1 is 1.15 bits per heavy atom. The third-order valence-electron chi connectivity index (χ3n) is 4.06. The summed E-state index contributed by atoms with van der Waals surface area (Å²) in [7, 11) is 3.48. The first-order valence-electron chi connectivity index (χ1n) is 9.09. The number of thioether (sulfide) groups is 1. The summed E-state index contributed by atoms with van der Waals surface area (Å²) < 4.78 is 5.75. The van der Waals surface area contributed by atoms with Crippen LogP contribution in [0.25, 0.3) is 0 Å². The van der Waals surface area contributed by atoms with E-state index in [-0.39, 0.29) is 22.0 Å². The number of ether oxygens (including phenoxy) is 1. The van der Waals surface area contributed by atoms with Crippen molar-refractivity contribution in [3.63, 3.8) is 0 Å². The van der Waals surface area contributed by atoms with E-state index in [4.69, 9.17) is 4.74 Å². The third kappa shape index (κ3) is 5.86. The molecule has 0 N–H and O–H groups in total. The zero-order chi connectivity index (χ0) is 21.2. The van der Waals surface area contributed by atoms with Crippen molar-refractivity contribution < 1.29 is 14.3 Å². The number of rotatable bonds is 4. The van der Waals surface area contributed by atoms with Gasteiger partial charge in [0.15, 0.2) is 0 Å². The van der Waals surface area contributed by atoms with Gasteiger partial charge < -0.3 is 9.64 Å². The number of carbonyl (C=O) groups is 2. The molecule has 0 saturated carbocycles. The molecule has 0 aromatic heterocycles. The third-order valence-corrected chi connectivity index (χ3v) is 5.18. The van der Waals surface area contributed by atoms with Crippen LogP contribution in [0.15, 0.2) is 23.6 Å². The molecule has 0 bridgehead atoms. The van der Waals surface area contributed by atoms with Gasteiger partial charge in [0.2, 0.25) is 0 Å². The molecule has 0 atom stereocenters. The maximum Gasteiger partial charge on any atom is 0.308 e. The van der Waals surface area contributed by atoms with Gasteiger partial charge in [0.1, 0.15) is 5.75 Å². The van der Waals surface area contributed by atoms with Crippen molar-refractivity contribution in [1.82, 2.24) is 4.90 Å². The summed E-state index contributed by atoms with van der Waals surface area (Å²) >= 11 is 1.21. The summed E-state index contributed by atoms with van der Waals surface area (Å²) in [4.78, 5) is 26.8. The van der Waals surface area contributed by atoms with E-state index >= 15 is 0 Å². The largest absolute Gasteiger partial charge is 0.426 e. The molecule has 0 aliphatic heterocycles. The van der Waals surface area contributed by atoms with Crippen LogP contribution in [0.4, 0.5) is 4.79 Å². The lowest BCUT2D eigenvalue weighted by atomic mass is 9.76. The average molecular weight is 392 g/mol. The molecule has 1 aromatic carbocycles. The second-order valence-electron chi connectivity index (χ2n) is 8.95. The van der Waals surface area contributed by atoms with Gasteiger partial charge in [0.05, 0.1) is 0 Å². The maximum atomic E-state index is 12.4. The van der Waals surface area contributed by atoms with E-state index in [1.54, 1.807) is 19.0 Å². The summed E-state index contributed by atoms with van der Waals surface area (Å²) in [5.41, 5.74) is 2.33. The lowest BCUT2D eigenvalue weighted by molar-refractivity contribution is -0.132. The minimum absolute atomic E-state index is 0.0414. The fourth-order valence-corrected chi connectivity index (χ4v) is 3.76. The lowest BCUT2D eigenvalue weighted by Crippen LogP contribution is -2.24. The summed E-state index contributed by atoms with van der Waals surface area (Å²) in [6, 6.07) is 2.00. The Bertz CT molecular complexity index is 737. The monoisotopic (exact) mass is 391 g/mol. The van der Waals surface area contributed by atoms with Crippen LogP contribution in [0.2, 0.25) is 0 Å². The Kier molecular flexibility index (Phi) is 7.34. The van der Waals surface area contributed by atoms with Crippen molar-refractivity contribution >= 4 is 23.0 Å². The average Bonchev–Trinajstić information content (AvgIpc) is 2.46. The van der Waals surface area contributed by atoms with Crippen LogP contribution in [0.5, 0.6) is 5.75 Å². The molecule has 0 unspecified atom stereocenters. The van der Waals surface area contributed by atoms with E-state index in [2.05, 4.69) is 48.1 Å². The predicted octanol–water partition coefficient (Wildman–Crippen LogP) is 5.71. The highest BCUT2D eigenvalue weighted by atomic mass is 32.2. The van der Waals surface area contributed by atoms with Crippen LogP contribution in [0.3, 0.4) is 0 Å². The number of hydrogen-bond donors (Lipinski definition) is 0. The van der Waals surface area contributed by atoms with Gasteiger partial charge in [-0.15, -0.1) is 6.58 Å². The fourth-order valence-electron chi connectivity index (χ4n) is 2.90. The van der Waals surface area contributed by atoms with E-state index in [1.165, 1.54) is 18.7 Å². The van der Waals surface area contributed by atoms with Gasteiger partial charge in [-0.2, -0.15) is 0 Å². The van der Waals surface area contributed by atoms with Crippen LogP contribution < -0.4 is 4.74 Å². The number of hydrogen-bond acceptors (Lipinski definition) is 4. The molecule has 0 aliphatic carbocycles. The highest BCUT2D eigenvalue weighted by molar-refractivity contribution is 8.13. The van der Waals surface area contributed by atoms with Crippen molar-refractivity contribution in [2.75, 3.05) is 14.1 Å². The summed E-state index contributed by atoms with van der Waals surface area (Å²) in [5, 5.41) is -0.0414. The van der Waals surface area contributed by atoms with Crippen molar-refractivity contribution in [2.24, 2.45) is 0 Å². The van der Waals surface area contributed by atoms with Crippen molar-refractivity contribution in [2.45, 2.75) is 70.6 Å². The smallest absolute Gasteiger partial charge is 0.308 e. The predicted molar refractivity (Wildman–Crippen MR) is 114 cm³/mol. The van der Waals surface area contributed by atoms with Gasteiger partial charge in [-0.05, 0) is 40.6 Å². The van der Waals surface area contributed by atoms with Gasteiger partial charge in [0.25, 0.3) is 5.24 Å². The van der Waals surface area contributed by atoms with E-state index in [1.807, 2.05) is 12.1 Å². The number of esters is 1. The van der Waals surface area contributed by atoms with Crippen LogP contribution in [0, 0.1) is 0 Å². The molecule has 27 heavy (non-hydrogen) atoms. The molecule has 0 spiro atoms. The second kappa shape index (κ2) is 8.51. The van der Waals surface area contributed by atoms with Crippen LogP contribution in [-0.4, -0.2) is 30.2 Å². The summed E-state index contributed by atoms with van der Waals surface area (Å²) in [6.07, 6.45) is 2.41. The molecule has 1 rings (SSSR count). The first-order valence-corrected chi connectivity index (χ1v) is 9.91. The van der Waals surface area contributed by atoms with Crippen molar-refractivity contribution in [3.05, 3.63) is 35.4 Å². The van der Waals surface area contributed by atoms with Crippen molar-refractivity contribution in [3.8, 4) is 5.75 Å². The number of allylic oxidation sites excluding steroid dienone is 1. The summed E-state index contributed by atoms with van der Waals surface area (Å²) in [6.45, 7) is 17.8. The first-order chi connectivity index (χ1) is 12.2. The van der Waals surface area contributed by atoms with Crippen molar-refractivity contribution in [1.29, 1.82) is 0 Å². The quantitative estimate of drug-likeness (QED) is 0.285. The molecule has 150 valence electrons. The van der Waals surface area contributed by atoms with Gasteiger partial charge in [-0.3, -0.25) is 9.59 Å². The Morgan fingerprint density at radius 3 is 2.07 bits per heavy atom. The van der Waals surface area contributed by atoms with Crippen LogP contribution in [-0.2, 0) is 22.0 Å². The highest BCUT2D eigenvalue weighted by Gasteiger charge is 2.32. The molecule has 0 saturated heterocycles. The lowest BCUT2D eigenvalue weighted by Gasteiger charge is -2.32. The Balaban J connectivity index is 3.97. The first kappa shape index (κ1) is 23.3. The Labute approximate surface area is 168 Å². The van der Waals surface area contributed by atoms with Gasteiger partial charge in [-0.1, -0.05) is 47.6 Å². The Hall–Kier alpha value is -1.75. The van der Waals surface area contributed by atoms with Gasteiger partial charge in [-0.25, -0.2) is 0 Å². The minimum atomic E-state index is -0.347. The molecule has 4 nitrogen and oxygen atoms in total. The highest BCUT2D eigenvalue weighted by Crippen LogP contribution is 2.46. The van der Waals surface area contributed by atoms with Gasteiger partial charge in [0, 0.05) is 37.0 Å². The molecule has 0 radical (unpaired) electrons. The fraction of sp³-hybridized carbons (Fsp3) is 0.545. The molecule has 0 heterocycles. The van der Waals surface area contributed by atoms with E-state index in [0.717, 1.165) is 21.6 Å². The molecule has 5 heteroatoms. The zero-order valence-corrected chi connectivity index (χ0v) is 19.0. The number of nitrogens with zero attached hydrogens (tertiary/aromatic N) is 1.